The van der Waals surface area contributed by atoms with Crippen molar-refractivity contribution in [2.75, 3.05) is 6.61 Å². The molecule has 0 bridgehead atoms. The van der Waals surface area contributed by atoms with Crippen LogP contribution in [-0.2, 0) is 9.53 Å². The molecule has 0 spiro atoms. The lowest BCUT2D eigenvalue weighted by Crippen LogP contribution is -1.90. The number of ether oxygens (including phenoxy) is 1. The second-order valence-corrected chi connectivity index (χ2v) is 3.18. The van der Waals surface area contributed by atoms with Crippen molar-refractivity contribution in [2.24, 2.45) is 5.92 Å². The Morgan fingerprint density at radius 2 is 2.42 bits per heavy atom. The molecule has 1 aliphatic rings. The van der Waals surface area contributed by atoms with Crippen LogP contribution in [0.4, 0.5) is 0 Å². The number of carbonyl (C=O) groups excluding carboxylic acids is 1. The van der Waals surface area contributed by atoms with E-state index in [4.69, 9.17) is 0 Å². The second-order valence-electron chi connectivity index (χ2n) is 3.18. The Morgan fingerprint density at radius 3 is 2.92 bits per heavy atom. The number of carbonyl (C=O) groups is 1. The van der Waals surface area contributed by atoms with Gasteiger partial charge in [0.1, 0.15) is 6.61 Å². The molecule has 0 aromatic rings. The molecule has 0 amide bonds. The Bertz CT molecular complexity index is 263. The van der Waals surface area contributed by atoms with Gasteiger partial charge in [0.15, 0.2) is 0 Å². The first-order valence-electron chi connectivity index (χ1n) is 4.04. The van der Waals surface area contributed by atoms with Crippen molar-refractivity contribution < 1.29 is 9.53 Å². The van der Waals surface area contributed by atoms with Crippen LogP contribution < -0.4 is 0 Å². The normalized spacial score (nSPS) is 15.2. The van der Waals surface area contributed by atoms with Crippen LogP contribution in [0.5, 0.6) is 0 Å². The third-order valence-electron chi connectivity index (χ3n) is 1.42. The largest absolute Gasteiger partial charge is 0.457 e. The molecule has 12 heavy (non-hydrogen) atoms. The van der Waals surface area contributed by atoms with Gasteiger partial charge in [-0.3, -0.25) is 0 Å². The lowest BCUT2D eigenvalue weighted by Gasteiger charge is -1.92. The number of cyclic esters (lactones) is 1. The van der Waals surface area contributed by atoms with Crippen molar-refractivity contribution in [2.45, 2.75) is 20.3 Å². The molecule has 0 saturated carbocycles. The fourth-order valence-electron chi connectivity index (χ4n) is 0.815. The van der Waals surface area contributed by atoms with Crippen LogP contribution in [0.25, 0.3) is 0 Å². The molecule has 2 heteroatoms. The van der Waals surface area contributed by atoms with Gasteiger partial charge in [0.25, 0.3) is 0 Å². The number of esters is 1. The molecule has 0 aromatic carbocycles. The summed E-state index contributed by atoms with van der Waals surface area (Å²) >= 11 is 0. The van der Waals surface area contributed by atoms with E-state index in [0.717, 1.165) is 12.0 Å². The standard InChI is InChI=1S/C10H12O2/c1-8(2)4-3-5-9-6-10(11)12-7-9/h6,8H,4,7H2,1-2H3. The summed E-state index contributed by atoms with van der Waals surface area (Å²) in [6.45, 7) is 4.57. The Balaban J connectivity index is 2.44. The van der Waals surface area contributed by atoms with Gasteiger partial charge in [0.2, 0.25) is 0 Å². The SMILES string of the molecule is CC(C)CC#CC1=CC(=O)OC1. The van der Waals surface area contributed by atoms with E-state index in [0.29, 0.717) is 12.5 Å². The van der Waals surface area contributed by atoms with Crippen molar-refractivity contribution in [3.63, 3.8) is 0 Å². The quantitative estimate of drug-likeness (QED) is 0.434. The van der Waals surface area contributed by atoms with Crippen LogP contribution in [0.3, 0.4) is 0 Å². The van der Waals surface area contributed by atoms with Gasteiger partial charge in [0, 0.05) is 18.1 Å². The topological polar surface area (TPSA) is 26.3 Å². The first-order valence-corrected chi connectivity index (χ1v) is 4.04. The highest BCUT2D eigenvalue weighted by Gasteiger charge is 2.09. The van der Waals surface area contributed by atoms with Crippen molar-refractivity contribution in [3.05, 3.63) is 11.6 Å². The Kier molecular flexibility index (Phi) is 2.93. The van der Waals surface area contributed by atoms with Gasteiger partial charge < -0.3 is 4.74 Å². The maximum absolute atomic E-state index is 10.6. The van der Waals surface area contributed by atoms with Crippen LogP contribution in [0.2, 0.25) is 0 Å². The fraction of sp³-hybridized carbons (Fsp3) is 0.500. The first kappa shape index (κ1) is 8.86. The van der Waals surface area contributed by atoms with Gasteiger partial charge >= 0.3 is 5.97 Å². The van der Waals surface area contributed by atoms with Crippen LogP contribution in [-0.4, -0.2) is 12.6 Å². The van der Waals surface area contributed by atoms with Crippen molar-refractivity contribution in [1.29, 1.82) is 0 Å². The smallest absolute Gasteiger partial charge is 0.332 e. The summed E-state index contributed by atoms with van der Waals surface area (Å²) in [4.78, 5) is 10.6. The minimum atomic E-state index is -0.274. The molecule has 1 heterocycles. The summed E-state index contributed by atoms with van der Waals surface area (Å²) in [6, 6.07) is 0. The van der Waals surface area contributed by atoms with Crippen molar-refractivity contribution in [1.82, 2.24) is 0 Å². The molecule has 1 aliphatic heterocycles. The van der Waals surface area contributed by atoms with E-state index in [-0.39, 0.29) is 5.97 Å². The molecule has 64 valence electrons. The average Bonchev–Trinajstić information content (AvgIpc) is 2.35. The molecule has 2 nitrogen and oxygen atoms in total. The molecule has 1 rings (SSSR count). The number of rotatable bonds is 1. The average molecular weight is 164 g/mol. The number of hydrogen-bond donors (Lipinski definition) is 0. The highest BCUT2D eigenvalue weighted by atomic mass is 16.5. The summed E-state index contributed by atoms with van der Waals surface area (Å²) < 4.78 is 4.69. The van der Waals surface area contributed by atoms with E-state index >= 15 is 0 Å². The van der Waals surface area contributed by atoms with E-state index in [9.17, 15) is 4.79 Å². The van der Waals surface area contributed by atoms with Crippen LogP contribution >= 0.6 is 0 Å². The highest BCUT2D eigenvalue weighted by molar-refractivity contribution is 5.86. The van der Waals surface area contributed by atoms with E-state index in [1.54, 1.807) is 0 Å². The molecule has 0 fully saturated rings. The second kappa shape index (κ2) is 3.96. The highest BCUT2D eigenvalue weighted by Crippen LogP contribution is 2.04. The van der Waals surface area contributed by atoms with E-state index in [2.05, 4.69) is 30.4 Å². The molecule has 0 unspecified atom stereocenters. The van der Waals surface area contributed by atoms with Gasteiger partial charge in [-0.25, -0.2) is 4.79 Å². The fourth-order valence-corrected chi connectivity index (χ4v) is 0.815. The third kappa shape index (κ3) is 2.79. The van der Waals surface area contributed by atoms with E-state index in [1.165, 1.54) is 6.08 Å². The minimum Gasteiger partial charge on any atom is -0.457 e. The number of hydrogen-bond acceptors (Lipinski definition) is 2. The van der Waals surface area contributed by atoms with Crippen molar-refractivity contribution >= 4 is 5.97 Å². The van der Waals surface area contributed by atoms with Crippen molar-refractivity contribution in [3.8, 4) is 11.8 Å². The van der Waals surface area contributed by atoms with Gasteiger partial charge in [-0.2, -0.15) is 0 Å². The summed E-state index contributed by atoms with van der Waals surface area (Å²) in [5, 5.41) is 0. The maximum atomic E-state index is 10.6. The van der Waals surface area contributed by atoms with Crippen LogP contribution in [0.1, 0.15) is 20.3 Å². The lowest BCUT2D eigenvalue weighted by atomic mass is 10.1. The molecular formula is C10H12O2. The molecule has 0 radical (unpaired) electrons. The molecule has 0 aromatic heterocycles. The first-order chi connectivity index (χ1) is 5.68. The van der Waals surface area contributed by atoms with Gasteiger partial charge in [-0.15, -0.1) is 0 Å². The summed E-state index contributed by atoms with van der Waals surface area (Å²) in [7, 11) is 0. The molecule has 0 N–H and O–H groups in total. The van der Waals surface area contributed by atoms with E-state index < -0.39 is 0 Å². The van der Waals surface area contributed by atoms with Crippen LogP contribution in [0.15, 0.2) is 11.6 Å². The zero-order valence-electron chi connectivity index (χ0n) is 7.39. The molecular weight excluding hydrogens is 152 g/mol. The summed E-state index contributed by atoms with van der Waals surface area (Å²) in [5.41, 5.74) is 0.792. The van der Waals surface area contributed by atoms with Gasteiger partial charge in [-0.1, -0.05) is 25.7 Å². The molecule has 0 atom stereocenters. The predicted molar refractivity (Wildman–Crippen MR) is 46.3 cm³/mol. The minimum absolute atomic E-state index is 0.274. The predicted octanol–water partition coefficient (Wildman–Crippen LogP) is 1.52. The zero-order chi connectivity index (χ0) is 8.97. The summed E-state index contributed by atoms with van der Waals surface area (Å²) in [6.07, 6.45) is 2.32. The Morgan fingerprint density at radius 1 is 1.67 bits per heavy atom. The maximum Gasteiger partial charge on any atom is 0.332 e. The molecule has 0 saturated heterocycles. The lowest BCUT2D eigenvalue weighted by molar-refractivity contribution is -0.134. The van der Waals surface area contributed by atoms with Gasteiger partial charge in [-0.05, 0) is 5.92 Å². The zero-order valence-corrected chi connectivity index (χ0v) is 7.39. The Labute approximate surface area is 72.6 Å². The van der Waals surface area contributed by atoms with Gasteiger partial charge in [0.05, 0.1) is 0 Å². The monoisotopic (exact) mass is 164 g/mol. The summed E-state index contributed by atoms with van der Waals surface area (Å²) in [5.74, 6) is 6.21. The third-order valence-corrected chi connectivity index (χ3v) is 1.42. The Hall–Kier alpha value is -1.23. The van der Waals surface area contributed by atoms with Crippen LogP contribution in [0, 0.1) is 17.8 Å². The molecule has 0 aliphatic carbocycles. The van der Waals surface area contributed by atoms with E-state index in [1.807, 2.05) is 0 Å².